The Balaban J connectivity index is 2.11. The van der Waals surface area contributed by atoms with Crippen molar-refractivity contribution >= 4 is 5.91 Å². The largest absolute Gasteiger partial charge is 0.367 e. The fourth-order valence-electron chi connectivity index (χ4n) is 2.77. The van der Waals surface area contributed by atoms with Gasteiger partial charge in [0.15, 0.2) is 5.60 Å². The summed E-state index contributed by atoms with van der Waals surface area (Å²) in [5.41, 5.74) is 4.83. The van der Waals surface area contributed by atoms with E-state index in [1.54, 1.807) is 0 Å². The molecule has 3 heteroatoms. The van der Waals surface area contributed by atoms with E-state index in [0.29, 0.717) is 12.5 Å². The second-order valence-electron chi connectivity index (χ2n) is 5.56. The Morgan fingerprint density at radius 1 is 1.17 bits per heavy atom. The molecule has 2 N–H and O–H groups in total. The van der Waals surface area contributed by atoms with Crippen molar-refractivity contribution in [2.45, 2.75) is 77.2 Å². The monoisotopic (exact) mass is 255 g/mol. The minimum absolute atomic E-state index is 0.266. The van der Waals surface area contributed by atoms with Gasteiger partial charge in [-0.15, -0.1) is 0 Å². The molecule has 0 radical (unpaired) electrons. The third-order valence-corrected chi connectivity index (χ3v) is 4.18. The van der Waals surface area contributed by atoms with E-state index in [0.717, 1.165) is 12.8 Å². The summed E-state index contributed by atoms with van der Waals surface area (Å²) < 4.78 is 5.35. The molecule has 0 saturated carbocycles. The Bertz CT molecular complexity index is 249. The van der Waals surface area contributed by atoms with Gasteiger partial charge < -0.3 is 10.5 Å². The molecule has 3 nitrogen and oxygen atoms in total. The van der Waals surface area contributed by atoms with Gasteiger partial charge in [-0.1, -0.05) is 58.8 Å². The van der Waals surface area contributed by atoms with Gasteiger partial charge in [0.2, 0.25) is 0 Å². The van der Waals surface area contributed by atoms with Crippen LogP contribution in [0.3, 0.4) is 0 Å². The lowest BCUT2D eigenvalue weighted by atomic mass is 9.85. The second-order valence-corrected chi connectivity index (χ2v) is 5.56. The van der Waals surface area contributed by atoms with Crippen LogP contribution in [0.2, 0.25) is 0 Å². The lowest BCUT2D eigenvalue weighted by Gasteiger charge is -2.19. The maximum absolute atomic E-state index is 11.4. The first-order chi connectivity index (χ1) is 8.67. The number of unbranched alkanes of at least 4 members (excludes halogenated alkanes) is 6. The van der Waals surface area contributed by atoms with E-state index < -0.39 is 5.60 Å². The zero-order valence-electron chi connectivity index (χ0n) is 12.0. The average Bonchev–Trinajstić information content (AvgIpc) is 3.14. The average molecular weight is 255 g/mol. The number of ether oxygens (including phenoxy) is 1. The molecule has 1 aliphatic heterocycles. The Hall–Kier alpha value is -0.570. The fraction of sp³-hybridized carbons (Fsp3) is 0.933. The molecule has 1 heterocycles. The van der Waals surface area contributed by atoms with Gasteiger partial charge in [0, 0.05) is 0 Å². The van der Waals surface area contributed by atoms with Crippen molar-refractivity contribution in [2.75, 3.05) is 6.61 Å². The number of rotatable bonds is 11. The SMILES string of the molecule is CCCCCCCCCC(CC)C1(C(N)=O)CO1. The standard InChI is InChI=1S/C15H29NO2/c1-3-5-6-7-8-9-10-11-13(4-2)15(12-18-15)14(16)17/h13H,3-12H2,1-2H3,(H2,16,17). The highest BCUT2D eigenvalue weighted by atomic mass is 16.6. The van der Waals surface area contributed by atoms with Crippen LogP contribution in [0.25, 0.3) is 0 Å². The maximum atomic E-state index is 11.4. The minimum Gasteiger partial charge on any atom is -0.367 e. The van der Waals surface area contributed by atoms with Gasteiger partial charge in [-0.25, -0.2) is 0 Å². The predicted octanol–water partition coefficient (Wildman–Crippen LogP) is 3.41. The van der Waals surface area contributed by atoms with E-state index in [1.165, 1.54) is 44.9 Å². The van der Waals surface area contributed by atoms with Crippen molar-refractivity contribution in [2.24, 2.45) is 11.7 Å². The van der Waals surface area contributed by atoms with Crippen LogP contribution in [-0.2, 0) is 9.53 Å². The van der Waals surface area contributed by atoms with E-state index in [9.17, 15) is 4.79 Å². The van der Waals surface area contributed by atoms with Crippen LogP contribution in [0.1, 0.15) is 71.6 Å². The van der Waals surface area contributed by atoms with Crippen molar-refractivity contribution in [3.05, 3.63) is 0 Å². The topological polar surface area (TPSA) is 55.6 Å². The van der Waals surface area contributed by atoms with Crippen LogP contribution in [0.5, 0.6) is 0 Å². The number of epoxide rings is 1. The van der Waals surface area contributed by atoms with Crippen LogP contribution >= 0.6 is 0 Å². The third kappa shape index (κ3) is 4.27. The highest BCUT2D eigenvalue weighted by Crippen LogP contribution is 2.39. The van der Waals surface area contributed by atoms with E-state index in [2.05, 4.69) is 13.8 Å². The normalized spacial score (nSPS) is 23.9. The van der Waals surface area contributed by atoms with Crippen LogP contribution in [0.4, 0.5) is 0 Å². The van der Waals surface area contributed by atoms with Crippen LogP contribution in [-0.4, -0.2) is 18.1 Å². The van der Waals surface area contributed by atoms with Gasteiger partial charge in [0.25, 0.3) is 5.91 Å². The summed E-state index contributed by atoms with van der Waals surface area (Å²) in [5.74, 6) is 0.0583. The number of amides is 1. The van der Waals surface area contributed by atoms with Crippen LogP contribution in [0.15, 0.2) is 0 Å². The van der Waals surface area contributed by atoms with Crippen molar-refractivity contribution in [3.63, 3.8) is 0 Å². The molecule has 1 amide bonds. The quantitative estimate of drug-likeness (QED) is 0.454. The molecule has 1 aliphatic rings. The minimum atomic E-state index is -0.600. The molecule has 0 bridgehead atoms. The summed E-state index contributed by atoms with van der Waals surface area (Å²) in [4.78, 5) is 11.4. The second kappa shape index (κ2) is 7.78. The predicted molar refractivity (Wildman–Crippen MR) is 74.3 cm³/mol. The molecule has 1 saturated heterocycles. The van der Waals surface area contributed by atoms with E-state index >= 15 is 0 Å². The van der Waals surface area contributed by atoms with Crippen molar-refractivity contribution in [3.8, 4) is 0 Å². The fourth-order valence-corrected chi connectivity index (χ4v) is 2.77. The first-order valence-corrected chi connectivity index (χ1v) is 7.61. The number of carbonyl (C=O) groups excluding carboxylic acids is 1. The Labute approximate surface area is 111 Å². The molecular weight excluding hydrogens is 226 g/mol. The van der Waals surface area contributed by atoms with Crippen LogP contribution in [0, 0.1) is 5.92 Å². The lowest BCUT2D eigenvalue weighted by Crippen LogP contribution is -2.39. The molecule has 18 heavy (non-hydrogen) atoms. The summed E-state index contributed by atoms with van der Waals surface area (Å²) >= 11 is 0. The molecule has 0 spiro atoms. The summed E-state index contributed by atoms with van der Waals surface area (Å²) in [6.45, 7) is 4.90. The molecule has 1 fully saturated rings. The number of primary amides is 1. The van der Waals surface area contributed by atoms with Crippen molar-refractivity contribution < 1.29 is 9.53 Å². The number of carbonyl (C=O) groups is 1. The van der Waals surface area contributed by atoms with E-state index in [-0.39, 0.29) is 5.91 Å². The molecule has 106 valence electrons. The zero-order chi connectivity index (χ0) is 13.4. The van der Waals surface area contributed by atoms with E-state index in [1.807, 2.05) is 0 Å². The summed E-state index contributed by atoms with van der Waals surface area (Å²) in [7, 11) is 0. The summed E-state index contributed by atoms with van der Waals surface area (Å²) in [6, 6.07) is 0. The van der Waals surface area contributed by atoms with Gasteiger partial charge in [0.05, 0.1) is 6.61 Å². The number of hydrogen-bond donors (Lipinski definition) is 1. The van der Waals surface area contributed by atoms with Gasteiger partial charge in [-0.3, -0.25) is 4.79 Å². The molecule has 0 aliphatic carbocycles. The third-order valence-electron chi connectivity index (χ3n) is 4.18. The van der Waals surface area contributed by atoms with Crippen LogP contribution < -0.4 is 5.73 Å². The van der Waals surface area contributed by atoms with Crippen molar-refractivity contribution in [1.82, 2.24) is 0 Å². The van der Waals surface area contributed by atoms with E-state index in [4.69, 9.17) is 10.5 Å². The lowest BCUT2D eigenvalue weighted by molar-refractivity contribution is -0.125. The summed E-state index contributed by atoms with van der Waals surface area (Å²) in [5, 5.41) is 0. The first-order valence-electron chi connectivity index (χ1n) is 7.61. The Kier molecular flexibility index (Phi) is 6.69. The van der Waals surface area contributed by atoms with Crippen molar-refractivity contribution in [1.29, 1.82) is 0 Å². The molecule has 0 aromatic carbocycles. The molecular formula is C15H29NO2. The number of hydrogen-bond acceptors (Lipinski definition) is 2. The summed E-state index contributed by atoms with van der Waals surface area (Å²) in [6.07, 6.45) is 11.2. The smallest absolute Gasteiger partial charge is 0.252 e. The van der Waals surface area contributed by atoms with Gasteiger partial charge in [-0.05, 0) is 18.8 Å². The highest BCUT2D eigenvalue weighted by Gasteiger charge is 2.55. The molecule has 0 aromatic rings. The van der Waals surface area contributed by atoms with Gasteiger partial charge in [0.1, 0.15) is 0 Å². The Morgan fingerprint density at radius 2 is 1.72 bits per heavy atom. The number of nitrogens with two attached hydrogens (primary N) is 1. The van der Waals surface area contributed by atoms with Gasteiger partial charge >= 0.3 is 0 Å². The molecule has 1 rings (SSSR count). The maximum Gasteiger partial charge on any atom is 0.252 e. The first kappa shape index (κ1) is 15.5. The molecule has 2 atom stereocenters. The highest BCUT2D eigenvalue weighted by molar-refractivity contribution is 5.86. The molecule has 0 aromatic heterocycles. The zero-order valence-corrected chi connectivity index (χ0v) is 12.0. The molecule has 2 unspecified atom stereocenters. The Morgan fingerprint density at radius 3 is 2.17 bits per heavy atom. The van der Waals surface area contributed by atoms with Gasteiger partial charge in [-0.2, -0.15) is 0 Å².